The lowest BCUT2D eigenvalue weighted by Crippen LogP contribution is -2.64. The van der Waals surface area contributed by atoms with Gasteiger partial charge in [0.05, 0.1) is 19.3 Å². The van der Waals surface area contributed by atoms with Crippen molar-refractivity contribution in [3.05, 3.63) is 0 Å². The van der Waals surface area contributed by atoms with E-state index >= 15 is 0 Å². The number of hydrogen-bond donors (Lipinski definition) is 0. The fourth-order valence-corrected chi connectivity index (χ4v) is 7.94. The third kappa shape index (κ3) is 9.71. The summed E-state index contributed by atoms with van der Waals surface area (Å²) in [4.78, 5) is 0. The summed E-state index contributed by atoms with van der Waals surface area (Å²) in [6, 6.07) is 0. The molecule has 0 spiro atoms. The maximum atomic E-state index is 6.53. The summed E-state index contributed by atoms with van der Waals surface area (Å²) in [5.41, 5.74) is 0. The molecular formula is C13H35O10P11. The van der Waals surface area contributed by atoms with E-state index in [1.807, 2.05) is 6.92 Å². The van der Waals surface area contributed by atoms with Gasteiger partial charge < -0.3 is 45.9 Å². The predicted octanol–water partition coefficient (Wildman–Crippen LogP) is 3.75. The van der Waals surface area contributed by atoms with Crippen LogP contribution in [0, 0.1) is 0 Å². The molecule has 21 unspecified atom stereocenters. The Labute approximate surface area is 224 Å². The van der Waals surface area contributed by atoms with Crippen molar-refractivity contribution in [3.8, 4) is 0 Å². The minimum atomic E-state index is -0.785. The van der Waals surface area contributed by atoms with Crippen molar-refractivity contribution in [2.75, 3.05) is 13.2 Å². The van der Waals surface area contributed by atoms with E-state index in [1.54, 1.807) is 0 Å². The minimum absolute atomic E-state index is 0.109. The van der Waals surface area contributed by atoms with Crippen LogP contribution in [0.4, 0.5) is 0 Å². The zero-order chi connectivity index (χ0) is 25.1. The summed E-state index contributed by atoms with van der Waals surface area (Å²) in [5, 5.41) is 0. The molecule has 2 rings (SSSR count). The first-order chi connectivity index (χ1) is 16.5. The van der Waals surface area contributed by atoms with Crippen molar-refractivity contribution < 1.29 is 45.9 Å². The molecule has 0 aromatic carbocycles. The third-order valence-corrected chi connectivity index (χ3v) is 9.37. The highest BCUT2D eigenvalue weighted by Crippen LogP contribution is 2.43. The molecule has 0 aromatic heterocycles. The first kappa shape index (κ1) is 34.5. The van der Waals surface area contributed by atoms with Crippen LogP contribution in [-0.2, 0) is 45.9 Å². The van der Waals surface area contributed by atoms with E-state index in [2.05, 4.69) is 64.1 Å². The highest BCUT2D eigenvalue weighted by molar-refractivity contribution is 8.01. The highest BCUT2D eigenvalue weighted by atomic mass is 32.0. The molecule has 0 bridgehead atoms. The van der Waals surface area contributed by atoms with Gasteiger partial charge in [0.1, 0.15) is 48.8 Å². The largest absolute Gasteiger partial charge is 0.367 e. The molecule has 21 heteroatoms. The second-order valence-corrected chi connectivity index (χ2v) is 12.7. The molecule has 2 heterocycles. The first-order valence-corrected chi connectivity index (χ1v) is 22.2. The number of ether oxygens (including phenoxy) is 3. The molecule has 0 N–H and O–H groups in total. The Morgan fingerprint density at radius 2 is 1.24 bits per heavy atom. The van der Waals surface area contributed by atoms with E-state index < -0.39 is 49.0 Å². The molecule has 2 saturated heterocycles. The van der Waals surface area contributed by atoms with Crippen molar-refractivity contribution >= 4 is 98.1 Å². The van der Waals surface area contributed by atoms with Gasteiger partial charge in [-0.25, -0.2) is 0 Å². The van der Waals surface area contributed by atoms with Gasteiger partial charge in [-0.3, -0.25) is 0 Å². The SMILES string of the molecule is CC1OC(COP)C(OP)C(OP)C1OC1OC(COPP)C(OPP)C(OPP)C1OPP. The monoisotopic (exact) mass is 692 g/mol. The Morgan fingerprint density at radius 1 is 0.647 bits per heavy atom. The summed E-state index contributed by atoms with van der Waals surface area (Å²) >= 11 is 0. The third-order valence-electron chi connectivity index (χ3n) is 5.27. The molecule has 0 aliphatic carbocycles. The first-order valence-electron chi connectivity index (χ1n) is 9.91. The van der Waals surface area contributed by atoms with Crippen molar-refractivity contribution in [1.82, 2.24) is 0 Å². The van der Waals surface area contributed by atoms with Gasteiger partial charge in [-0.05, 0) is 6.92 Å². The fourth-order valence-electron chi connectivity index (χ4n) is 3.88. The molecule has 0 radical (unpaired) electrons. The summed E-state index contributed by atoms with van der Waals surface area (Å²) in [6.07, 6.45) is -4.73. The second-order valence-electron chi connectivity index (χ2n) is 7.09. The lowest BCUT2D eigenvalue weighted by atomic mass is 9.95. The summed E-state index contributed by atoms with van der Waals surface area (Å²) < 4.78 is 59.6. The molecular weight excluding hydrogens is 657 g/mol. The molecule has 0 saturated carbocycles. The standard InChI is InChI=1S/C13H35O10P11/c1-4-7(10(20-26)8(19-25)5(16-4)2-14-24)18-13-12(23-34-30)11(22-33-29)9(21-32-28)6(17-13)3-15-31-27/h4-13,31-34H,2-3,24-30H2,1H3. The minimum Gasteiger partial charge on any atom is -0.367 e. The van der Waals surface area contributed by atoms with Crippen LogP contribution in [0.1, 0.15) is 6.92 Å². The molecule has 2 aliphatic rings. The van der Waals surface area contributed by atoms with Crippen LogP contribution in [0.25, 0.3) is 0 Å². The van der Waals surface area contributed by atoms with E-state index in [-0.39, 0.29) is 46.2 Å². The molecule has 0 aromatic rings. The second kappa shape index (κ2) is 19.5. The predicted molar refractivity (Wildman–Crippen MR) is 165 cm³/mol. The molecule has 2 aliphatic heterocycles. The van der Waals surface area contributed by atoms with Crippen LogP contribution in [0.15, 0.2) is 0 Å². The molecule has 2 fully saturated rings. The molecule has 202 valence electrons. The van der Waals surface area contributed by atoms with Crippen molar-refractivity contribution in [2.45, 2.75) is 68.1 Å². The van der Waals surface area contributed by atoms with Crippen LogP contribution in [0.3, 0.4) is 0 Å². The van der Waals surface area contributed by atoms with E-state index in [0.717, 1.165) is 0 Å². The van der Waals surface area contributed by atoms with Crippen LogP contribution in [0.2, 0.25) is 0 Å². The Hall–Kier alpha value is 4.33. The smallest absolute Gasteiger partial charge is 0.187 e. The highest BCUT2D eigenvalue weighted by Gasteiger charge is 2.53. The van der Waals surface area contributed by atoms with E-state index in [0.29, 0.717) is 13.2 Å². The van der Waals surface area contributed by atoms with Crippen molar-refractivity contribution in [3.63, 3.8) is 0 Å². The zero-order valence-corrected chi connectivity index (χ0v) is 30.4. The van der Waals surface area contributed by atoms with Gasteiger partial charge in [0, 0.05) is 62.4 Å². The maximum absolute atomic E-state index is 6.53. The van der Waals surface area contributed by atoms with Crippen LogP contribution in [0.5, 0.6) is 0 Å². The topological polar surface area (TPSA) is 92.3 Å². The molecule has 34 heavy (non-hydrogen) atoms. The van der Waals surface area contributed by atoms with Crippen LogP contribution in [-0.4, -0.2) is 74.4 Å². The van der Waals surface area contributed by atoms with Crippen molar-refractivity contribution in [2.24, 2.45) is 0 Å². The van der Waals surface area contributed by atoms with Gasteiger partial charge in [-0.15, -0.1) is 0 Å². The van der Waals surface area contributed by atoms with Gasteiger partial charge in [0.25, 0.3) is 0 Å². The lowest BCUT2D eigenvalue weighted by molar-refractivity contribution is -0.324. The number of rotatable bonds is 15. The summed E-state index contributed by atoms with van der Waals surface area (Å²) in [6.45, 7) is 2.56. The van der Waals surface area contributed by atoms with Crippen LogP contribution >= 0.6 is 98.1 Å². The molecule has 10 nitrogen and oxygen atoms in total. The zero-order valence-electron chi connectivity index (χ0n) is 18.3. The van der Waals surface area contributed by atoms with E-state index in [4.69, 9.17) is 45.9 Å². The Bertz CT molecular complexity index is 562. The quantitative estimate of drug-likeness (QED) is 0.237. The van der Waals surface area contributed by atoms with Gasteiger partial charge >= 0.3 is 0 Å². The van der Waals surface area contributed by atoms with Gasteiger partial charge in [-0.1, -0.05) is 35.7 Å². The van der Waals surface area contributed by atoms with E-state index in [9.17, 15) is 0 Å². The van der Waals surface area contributed by atoms with Gasteiger partial charge in [0.15, 0.2) is 6.29 Å². The van der Waals surface area contributed by atoms with E-state index in [1.165, 1.54) is 0 Å². The normalized spacial score (nSPS) is 40.2. The molecule has 21 atom stereocenters. The van der Waals surface area contributed by atoms with Gasteiger partial charge in [0.2, 0.25) is 0 Å². The Kier molecular flexibility index (Phi) is 19.8. The number of hydrogen-bond acceptors (Lipinski definition) is 10. The van der Waals surface area contributed by atoms with Crippen molar-refractivity contribution in [1.29, 1.82) is 0 Å². The maximum Gasteiger partial charge on any atom is 0.187 e. The summed E-state index contributed by atoms with van der Waals surface area (Å²) in [7, 11) is 17.8. The fraction of sp³-hybridized carbons (Fsp3) is 1.00. The molecule has 0 amide bonds. The Balaban J connectivity index is 2.33. The average molecular weight is 692 g/mol. The summed E-state index contributed by atoms with van der Waals surface area (Å²) in [5.74, 6) is 0. The van der Waals surface area contributed by atoms with Crippen LogP contribution < -0.4 is 0 Å². The average Bonchev–Trinajstić information content (AvgIpc) is 2.83. The lowest BCUT2D eigenvalue weighted by Gasteiger charge is -2.49. The van der Waals surface area contributed by atoms with Gasteiger partial charge in [-0.2, -0.15) is 0 Å². The Morgan fingerprint density at radius 3 is 1.79 bits per heavy atom.